The Morgan fingerprint density at radius 1 is 1.37 bits per heavy atom. The van der Waals surface area contributed by atoms with Gasteiger partial charge in [-0.1, -0.05) is 28.1 Å². The molecule has 1 spiro atoms. The first-order chi connectivity index (χ1) is 9.26. The van der Waals surface area contributed by atoms with Crippen molar-refractivity contribution in [3.63, 3.8) is 0 Å². The Bertz CT molecular complexity index is 432. The third-order valence-corrected chi connectivity index (χ3v) is 4.54. The third kappa shape index (κ3) is 3.37. The number of hydrogen-bond donors (Lipinski definition) is 1. The lowest BCUT2D eigenvalue weighted by Gasteiger charge is -2.37. The van der Waals surface area contributed by atoms with Gasteiger partial charge in [-0.2, -0.15) is 0 Å². The van der Waals surface area contributed by atoms with Crippen molar-refractivity contribution in [2.45, 2.75) is 37.5 Å². The molecule has 0 aliphatic carbocycles. The van der Waals surface area contributed by atoms with Crippen LogP contribution in [0.5, 0.6) is 0 Å². The van der Waals surface area contributed by atoms with Crippen LogP contribution in [-0.4, -0.2) is 31.5 Å². The molecular weight excluding hydrogens is 306 g/mol. The molecule has 2 saturated heterocycles. The van der Waals surface area contributed by atoms with E-state index in [0.29, 0.717) is 6.04 Å². The Morgan fingerprint density at radius 2 is 2.32 bits per heavy atom. The standard InChI is InChI=1S/C15H20BrNO2/c16-13-3-1-2-12(8-13)10-17-14-4-6-19-15(9-14)5-7-18-11-15/h1-3,8,14,17H,4-7,9-11H2. The quantitative estimate of drug-likeness (QED) is 0.926. The van der Waals surface area contributed by atoms with Gasteiger partial charge in [0, 0.05) is 36.7 Å². The van der Waals surface area contributed by atoms with Crippen molar-refractivity contribution in [2.24, 2.45) is 0 Å². The Hall–Kier alpha value is -0.420. The van der Waals surface area contributed by atoms with Crippen LogP contribution in [0.1, 0.15) is 24.8 Å². The first-order valence-corrected chi connectivity index (χ1v) is 7.75. The lowest BCUT2D eigenvalue weighted by Crippen LogP contribution is -2.47. The van der Waals surface area contributed by atoms with E-state index in [1.807, 2.05) is 0 Å². The van der Waals surface area contributed by atoms with Crippen LogP contribution in [0.2, 0.25) is 0 Å². The minimum Gasteiger partial charge on any atom is -0.378 e. The summed E-state index contributed by atoms with van der Waals surface area (Å²) in [4.78, 5) is 0. The third-order valence-electron chi connectivity index (χ3n) is 4.04. The van der Waals surface area contributed by atoms with E-state index in [4.69, 9.17) is 9.47 Å². The van der Waals surface area contributed by atoms with Crippen LogP contribution in [0.4, 0.5) is 0 Å². The van der Waals surface area contributed by atoms with Crippen molar-refractivity contribution in [1.29, 1.82) is 0 Å². The van der Waals surface area contributed by atoms with Crippen molar-refractivity contribution in [2.75, 3.05) is 19.8 Å². The summed E-state index contributed by atoms with van der Waals surface area (Å²) in [6.45, 7) is 3.38. The molecule has 2 fully saturated rings. The fourth-order valence-electron chi connectivity index (χ4n) is 2.97. The second-order valence-electron chi connectivity index (χ2n) is 5.53. The highest BCUT2D eigenvalue weighted by Crippen LogP contribution is 2.32. The molecule has 0 radical (unpaired) electrons. The van der Waals surface area contributed by atoms with Crippen molar-refractivity contribution >= 4 is 15.9 Å². The lowest BCUT2D eigenvalue weighted by molar-refractivity contribution is -0.0894. The van der Waals surface area contributed by atoms with Crippen LogP contribution < -0.4 is 5.32 Å². The normalized spacial score (nSPS) is 30.9. The van der Waals surface area contributed by atoms with Gasteiger partial charge in [0.15, 0.2) is 0 Å². The lowest BCUT2D eigenvalue weighted by atomic mass is 9.89. The summed E-state index contributed by atoms with van der Waals surface area (Å²) in [5.74, 6) is 0. The van der Waals surface area contributed by atoms with Gasteiger partial charge in [-0.05, 0) is 30.5 Å². The Morgan fingerprint density at radius 3 is 3.11 bits per heavy atom. The molecule has 3 nitrogen and oxygen atoms in total. The number of ether oxygens (including phenoxy) is 2. The van der Waals surface area contributed by atoms with Gasteiger partial charge in [0.2, 0.25) is 0 Å². The minimum atomic E-state index is -0.00676. The van der Waals surface area contributed by atoms with Gasteiger partial charge in [-0.25, -0.2) is 0 Å². The van der Waals surface area contributed by atoms with Crippen LogP contribution >= 0.6 is 15.9 Å². The molecule has 1 aromatic rings. The molecule has 19 heavy (non-hydrogen) atoms. The SMILES string of the molecule is Brc1cccc(CNC2CCOC3(CCOC3)C2)c1. The number of rotatable bonds is 3. The van der Waals surface area contributed by atoms with Crippen LogP contribution in [-0.2, 0) is 16.0 Å². The molecular formula is C15H20BrNO2. The van der Waals surface area contributed by atoms with Crippen molar-refractivity contribution in [3.8, 4) is 0 Å². The van der Waals surface area contributed by atoms with Gasteiger partial charge in [-0.3, -0.25) is 0 Å². The van der Waals surface area contributed by atoms with E-state index in [1.165, 1.54) is 5.56 Å². The molecule has 2 aliphatic heterocycles. The molecule has 1 aromatic carbocycles. The topological polar surface area (TPSA) is 30.5 Å². The highest BCUT2D eigenvalue weighted by molar-refractivity contribution is 9.10. The summed E-state index contributed by atoms with van der Waals surface area (Å²) in [5, 5.41) is 3.66. The highest BCUT2D eigenvalue weighted by atomic mass is 79.9. The van der Waals surface area contributed by atoms with E-state index < -0.39 is 0 Å². The molecule has 2 unspecified atom stereocenters. The maximum absolute atomic E-state index is 5.96. The van der Waals surface area contributed by atoms with E-state index in [-0.39, 0.29) is 5.60 Å². The second-order valence-corrected chi connectivity index (χ2v) is 6.45. The molecule has 2 aliphatic rings. The van der Waals surface area contributed by atoms with Gasteiger partial charge < -0.3 is 14.8 Å². The molecule has 104 valence electrons. The van der Waals surface area contributed by atoms with Gasteiger partial charge in [0.25, 0.3) is 0 Å². The first-order valence-electron chi connectivity index (χ1n) is 6.95. The minimum absolute atomic E-state index is 0.00676. The van der Waals surface area contributed by atoms with Crippen LogP contribution in [0.15, 0.2) is 28.7 Å². The van der Waals surface area contributed by atoms with Crippen molar-refractivity contribution < 1.29 is 9.47 Å². The molecule has 1 N–H and O–H groups in total. The molecule has 0 amide bonds. The molecule has 3 rings (SSSR count). The monoisotopic (exact) mass is 325 g/mol. The molecule has 4 heteroatoms. The van der Waals surface area contributed by atoms with Crippen LogP contribution in [0.25, 0.3) is 0 Å². The van der Waals surface area contributed by atoms with Crippen molar-refractivity contribution in [3.05, 3.63) is 34.3 Å². The molecule has 0 aromatic heterocycles. The second kappa shape index (κ2) is 5.92. The van der Waals surface area contributed by atoms with Gasteiger partial charge in [-0.15, -0.1) is 0 Å². The fraction of sp³-hybridized carbons (Fsp3) is 0.600. The molecule has 2 heterocycles. The highest BCUT2D eigenvalue weighted by Gasteiger charge is 2.40. The van der Waals surface area contributed by atoms with E-state index in [1.54, 1.807) is 0 Å². The summed E-state index contributed by atoms with van der Waals surface area (Å²) < 4.78 is 12.6. The fourth-order valence-corrected chi connectivity index (χ4v) is 3.42. The smallest absolute Gasteiger partial charge is 0.0951 e. The summed E-state index contributed by atoms with van der Waals surface area (Å²) >= 11 is 3.51. The first kappa shape index (κ1) is 13.6. The molecule has 0 bridgehead atoms. The number of benzene rings is 1. The largest absolute Gasteiger partial charge is 0.378 e. The average molecular weight is 326 g/mol. The van der Waals surface area contributed by atoms with Crippen LogP contribution in [0, 0.1) is 0 Å². The number of hydrogen-bond acceptors (Lipinski definition) is 3. The Kier molecular flexibility index (Phi) is 4.22. The van der Waals surface area contributed by atoms with Crippen molar-refractivity contribution in [1.82, 2.24) is 5.32 Å². The summed E-state index contributed by atoms with van der Waals surface area (Å²) in [7, 11) is 0. The van der Waals surface area contributed by atoms with Gasteiger partial charge in [0.1, 0.15) is 0 Å². The maximum Gasteiger partial charge on any atom is 0.0951 e. The predicted octanol–water partition coefficient (Wildman–Crippen LogP) is 2.88. The molecule has 0 saturated carbocycles. The van der Waals surface area contributed by atoms with E-state index in [9.17, 15) is 0 Å². The predicted molar refractivity (Wildman–Crippen MR) is 78.1 cm³/mol. The summed E-state index contributed by atoms with van der Waals surface area (Å²) in [6, 6.07) is 9.00. The zero-order chi connectivity index (χ0) is 13.1. The zero-order valence-electron chi connectivity index (χ0n) is 11.0. The summed E-state index contributed by atoms with van der Waals surface area (Å²) in [5.41, 5.74) is 1.31. The Balaban J connectivity index is 1.55. The van der Waals surface area contributed by atoms with Gasteiger partial charge in [0.05, 0.1) is 12.2 Å². The number of halogens is 1. The molecule has 2 atom stereocenters. The summed E-state index contributed by atoms with van der Waals surface area (Å²) in [6.07, 6.45) is 3.21. The van der Waals surface area contributed by atoms with E-state index >= 15 is 0 Å². The number of nitrogens with one attached hydrogen (secondary N) is 1. The van der Waals surface area contributed by atoms with E-state index in [0.717, 1.165) is 50.1 Å². The van der Waals surface area contributed by atoms with Gasteiger partial charge >= 0.3 is 0 Å². The maximum atomic E-state index is 5.96. The average Bonchev–Trinajstić information content (AvgIpc) is 2.85. The zero-order valence-corrected chi connectivity index (χ0v) is 12.6. The Labute approximate surface area is 122 Å². The van der Waals surface area contributed by atoms with Crippen LogP contribution in [0.3, 0.4) is 0 Å². The van der Waals surface area contributed by atoms with E-state index in [2.05, 4.69) is 45.5 Å².